The normalized spacial score (nSPS) is 25.2. The van der Waals surface area contributed by atoms with E-state index in [0.29, 0.717) is 37.5 Å². The molecule has 2 aromatic carbocycles. The van der Waals surface area contributed by atoms with Crippen LogP contribution in [-0.4, -0.2) is 19.8 Å². The highest BCUT2D eigenvalue weighted by Gasteiger charge is 2.53. The van der Waals surface area contributed by atoms with Crippen LogP contribution in [0.4, 0.5) is 22.0 Å². The first-order valence-electron chi connectivity index (χ1n) is 10.4. The first-order chi connectivity index (χ1) is 15.2. The van der Waals surface area contributed by atoms with Gasteiger partial charge in [0.25, 0.3) is 0 Å². The summed E-state index contributed by atoms with van der Waals surface area (Å²) in [5.41, 5.74) is -0.377. The molecule has 5 rings (SSSR count). The van der Waals surface area contributed by atoms with Gasteiger partial charge in [-0.2, -0.15) is 8.78 Å². The molecule has 4 nitrogen and oxygen atoms in total. The Bertz CT molecular complexity index is 916. The van der Waals surface area contributed by atoms with Crippen LogP contribution in [0, 0.1) is 22.9 Å². The number of hydrogen-bond donors (Lipinski definition) is 0. The van der Waals surface area contributed by atoms with Crippen LogP contribution in [0.1, 0.15) is 43.7 Å². The second kappa shape index (κ2) is 8.61. The number of ether oxygens (including phenoxy) is 4. The monoisotopic (exact) mass is 458 g/mol. The highest BCUT2D eigenvalue weighted by Crippen LogP contribution is 2.46. The number of benzene rings is 2. The molecule has 9 heteroatoms. The number of hydrogen-bond acceptors (Lipinski definition) is 4. The Morgan fingerprint density at radius 1 is 0.906 bits per heavy atom. The second-order valence-electron chi connectivity index (χ2n) is 8.28. The molecule has 2 aromatic rings. The molecule has 0 N–H and O–H groups in total. The summed E-state index contributed by atoms with van der Waals surface area (Å²) in [6.45, 7) is 3.46. The molecule has 32 heavy (non-hydrogen) atoms. The van der Waals surface area contributed by atoms with E-state index in [0.717, 1.165) is 37.8 Å². The highest BCUT2D eigenvalue weighted by molar-refractivity contribution is 5.30. The van der Waals surface area contributed by atoms with Crippen LogP contribution in [0.25, 0.3) is 0 Å². The molecule has 0 saturated carbocycles. The summed E-state index contributed by atoms with van der Waals surface area (Å²) in [4.78, 5) is 0. The van der Waals surface area contributed by atoms with Crippen molar-refractivity contribution >= 4 is 0 Å². The molecule has 3 saturated heterocycles. The predicted octanol–water partition coefficient (Wildman–Crippen LogP) is 5.99. The lowest BCUT2D eigenvalue weighted by atomic mass is 9.83. The third-order valence-corrected chi connectivity index (χ3v) is 5.79. The van der Waals surface area contributed by atoms with Crippen molar-refractivity contribution in [2.75, 3.05) is 19.8 Å². The smallest absolute Gasteiger partial charge is 0.426 e. The third kappa shape index (κ3) is 4.33. The fraction of sp³-hybridized carbons (Fsp3) is 0.478. The van der Waals surface area contributed by atoms with Crippen molar-refractivity contribution < 1.29 is 40.9 Å². The van der Waals surface area contributed by atoms with E-state index in [4.69, 9.17) is 14.2 Å². The predicted molar refractivity (Wildman–Crippen MR) is 103 cm³/mol. The van der Waals surface area contributed by atoms with Gasteiger partial charge >= 0.3 is 12.1 Å². The van der Waals surface area contributed by atoms with E-state index in [-0.39, 0.29) is 5.41 Å². The largest absolute Gasteiger partial charge is 0.429 e. The lowest BCUT2D eigenvalue weighted by Crippen LogP contribution is -2.58. The minimum Gasteiger partial charge on any atom is -0.429 e. The van der Waals surface area contributed by atoms with Gasteiger partial charge in [-0.25, -0.2) is 13.2 Å². The van der Waals surface area contributed by atoms with Gasteiger partial charge in [-0.1, -0.05) is 38.3 Å². The van der Waals surface area contributed by atoms with Crippen LogP contribution in [-0.2, 0) is 26.3 Å². The first kappa shape index (κ1) is 22.9. The Balaban J connectivity index is 1.45. The van der Waals surface area contributed by atoms with Gasteiger partial charge in [0, 0.05) is 23.1 Å². The van der Waals surface area contributed by atoms with E-state index in [2.05, 4.69) is 11.7 Å². The minimum absolute atomic E-state index is 0.197. The lowest BCUT2D eigenvalue weighted by Gasteiger charge is -2.52. The van der Waals surface area contributed by atoms with Crippen LogP contribution < -0.4 is 4.74 Å². The van der Waals surface area contributed by atoms with Crippen molar-refractivity contribution in [1.82, 2.24) is 0 Å². The maximum atomic E-state index is 14.5. The molecule has 0 unspecified atom stereocenters. The van der Waals surface area contributed by atoms with Crippen LogP contribution in [0.5, 0.6) is 5.75 Å². The topological polar surface area (TPSA) is 36.9 Å². The van der Waals surface area contributed by atoms with Gasteiger partial charge in [0.15, 0.2) is 17.5 Å². The van der Waals surface area contributed by atoms with Crippen molar-refractivity contribution in [1.29, 1.82) is 0 Å². The molecule has 0 aliphatic carbocycles. The average Bonchev–Trinajstić information content (AvgIpc) is 2.79. The molecule has 0 amide bonds. The van der Waals surface area contributed by atoms with Crippen molar-refractivity contribution in [2.24, 2.45) is 5.41 Å². The molecule has 2 bridgehead atoms. The maximum Gasteiger partial charge on any atom is 0.426 e. The van der Waals surface area contributed by atoms with Crippen LogP contribution >= 0.6 is 0 Å². The Hall–Kier alpha value is -2.23. The maximum absolute atomic E-state index is 14.5. The zero-order valence-corrected chi connectivity index (χ0v) is 17.4. The second-order valence-corrected chi connectivity index (χ2v) is 8.28. The minimum atomic E-state index is -3.93. The Morgan fingerprint density at radius 3 is 2.00 bits per heavy atom. The van der Waals surface area contributed by atoms with Gasteiger partial charge in [0.2, 0.25) is 0 Å². The molecule has 0 atom stereocenters. The molecule has 3 fully saturated rings. The van der Waals surface area contributed by atoms with E-state index < -0.39 is 40.8 Å². The SMILES string of the molecule is CCCCCC12COC(c3ccc(C(F)(F)Oc4cc(F)c(F)c(F)c4)cc3)(OC1)OC2. The standard InChI is InChI=1S/C23H23F5O4/c1-2-3-4-9-21-12-29-23(30-13-21,31-14-21)16-7-5-15(6-8-16)22(27,28)32-17-10-18(24)20(26)19(25)11-17/h5-8,10-11H,2-4,9,12-14H2,1H3. The Kier molecular flexibility index (Phi) is 6.17. The van der Waals surface area contributed by atoms with Gasteiger partial charge in [-0.05, 0) is 18.6 Å². The van der Waals surface area contributed by atoms with E-state index in [1.807, 2.05) is 0 Å². The van der Waals surface area contributed by atoms with E-state index in [1.54, 1.807) is 0 Å². The molecule has 0 aromatic heterocycles. The van der Waals surface area contributed by atoms with Crippen LogP contribution in [0.15, 0.2) is 36.4 Å². The van der Waals surface area contributed by atoms with Crippen molar-refractivity contribution in [2.45, 2.75) is 44.7 Å². The number of fused-ring (bicyclic) bond motifs is 3. The number of unbranched alkanes of at least 4 members (excludes halogenated alkanes) is 2. The highest BCUT2D eigenvalue weighted by atomic mass is 19.3. The summed E-state index contributed by atoms with van der Waals surface area (Å²) < 4.78 is 90.7. The quantitative estimate of drug-likeness (QED) is 0.277. The van der Waals surface area contributed by atoms with Gasteiger partial charge in [0.05, 0.1) is 25.4 Å². The Morgan fingerprint density at radius 2 is 1.47 bits per heavy atom. The van der Waals surface area contributed by atoms with Gasteiger partial charge in [0.1, 0.15) is 5.75 Å². The summed E-state index contributed by atoms with van der Waals surface area (Å²) in [7, 11) is 0. The van der Waals surface area contributed by atoms with Crippen LogP contribution in [0.3, 0.4) is 0 Å². The summed E-state index contributed by atoms with van der Waals surface area (Å²) >= 11 is 0. The number of halogens is 5. The molecule has 0 spiro atoms. The van der Waals surface area contributed by atoms with Crippen molar-refractivity contribution in [3.05, 3.63) is 65.0 Å². The molecule has 174 valence electrons. The van der Waals surface area contributed by atoms with E-state index in [9.17, 15) is 22.0 Å². The third-order valence-electron chi connectivity index (χ3n) is 5.79. The summed E-state index contributed by atoms with van der Waals surface area (Å²) in [5, 5.41) is 0. The molecule has 3 aliphatic rings. The zero-order valence-electron chi connectivity index (χ0n) is 17.4. The van der Waals surface area contributed by atoms with E-state index >= 15 is 0 Å². The molecular formula is C23H23F5O4. The fourth-order valence-corrected chi connectivity index (χ4v) is 3.88. The molecule has 3 aliphatic heterocycles. The Labute approximate surface area is 182 Å². The van der Waals surface area contributed by atoms with Crippen molar-refractivity contribution in [3.63, 3.8) is 0 Å². The summed E-state index contributed by atoms with van der Waals surface area (Å²) in [6.07, 6.45) is 0.258. The van der Waals surface area contributed by atoms with E-state index in [1.165, 1.54) is 12.1 Å². The molecule has 3 heterocycles. The van der Waals surface area contributed by atoms with Gasteiger partial charge < -0.3 is 18.9 Å². The summed E-state index contributed by atoms with van der Waals surface area (Å²) in [5.74, 6) is -7.32. The van der Waals surface area contributed by atoms with Crippen LogP contribution in [0.2, 0.25) is 0 Å². The first-order valence-corrected chi connectivity index (χ1v) is 10.4. The summed E-state index contributed by atoms with van der Waals surface area (Å²) in [6, 6.07) is 5.57. The van der Waals surface area contributed by atoms with Crippen molar-refractivity contribution in [3.8, 4) is 5.75 Å². The number of rotatable bonds is 8. The molecule has 0 radical (unpaired) electrons. The number of alkyl halides is 2. The van der Waals surface area contributed by atoms with Gasteiger partial charge in [-0.3, -0.25) is 0 Å². The molecular weight excluding hydrogens is 435 g/mol. The zero-order chi connectivity index (χ0) is 23.0. The van der Waals surface area contributed by atoms with Gasteiger partial charge in [-0.15, -0.1) is 0 Å². The average molecular weight is 458 g/mol. The fourth-order valence-electron chi connectivity index (χ4n) is 3.88. The lowest BCUT2D eigenvalue weighted by molar-refractivity contribution is -0.480.